The first kappa shape index (κ1) is 15.4. The van der Waals surface area contributed by atoms with Crippen molar-refractivity contribution in [3.05, 3.63) is 68.9 Å². The number of nitrogens with one attached hydrogen (secondary N) is 1. The Morgan fingerprint density at radius 2 is 1.88 bits per heavy atom. The number of pyridine rings is 1. The molecule has 0 aliphatic rings. The van der Waals surface area contributed by atoms with Crippen LogP contribution in [0.25, 0.3) is 21.8 Å². The number of carbonyl (C=O) groups is 1. The first-order valence-corrected chi connectivity index (χ1v) is 8.72. The van der Waals surface area contributed by atoms with Crippen LogP contribution in [-0.2, 0) is 0 Å². The average Bonchev–Trinajstić information content (AvgIpc) is 2.94. The maximum Gasteiger partial charge on any atom is 0.213 e. The van der Waals surface area contributed by atoms with Crippen LogP contribution in [0.1, 0.15) is 16.1 Å². The third kappa shape index (κ3) is 2.42. The average molecular weight is 446 g/mol. The van der Waals surface area contributed by atoms with Crippen molar-refractivity contribution < 1.29 is 9.90 Å². The quantitative estimate of drug-likeness (QED) is 0.418. The fourth-order valence-electron chi connectivity index (χ4n) is 2.75. The van der Waals surface area contributed by atoms with Crippen LogP contribution in [-0.4, -0.2) is 20.9 Å². The normalized spacial score (nSPS) is 11.2. The number of nitrogens with zero attached hydrogens (tertiary/aromatic N) is 1. The van der Waals surface area contributed by atoms with Gasteiger partial charge in [-0.25, -0.2) is 0 Å². The first-order chi connectivity index (χ1) is 11.5. The lowest BCUT2D eigenvalue weighted by molar-refractivity contribution is 0.103. The van der Waals surface area contributed by atoms with Crippen molar-refractivity contribution in [2.24, 2.45) is 0 Å². The number of fused-ring (bicyclic) bond motifs is 3. The molecule has 0 saturated heterocycles. The molecule has 0 spiro atoms. The maximum atomic E-state index is 12.9. The van der Waals surface area contributed by atoms with Crippen LogP contribution in [0.4, 0.5) is 0 Å². The third-order valence-electron chi connectivity index (χ3n) is 3.91. The molecular formula is C18H10Br2N2O2. The van der Waals surface area contributed by atoms with Crippen molar-refractivity contribution in [2.75, 3.05) is 0 Å². The summed E-state index contributed by atoms with van der Waals surface area (Å²) in [7, 11) is 0. The van der Waals surface area contributed by atoms with E-state index >= 15 is 0 Å². The van der Waals surface area contributed by atoms with Gasteiger partial charge < -0.3 is 10.1 Å². The van der Waals surface area contributed by atoms with Crippen LogP contribution in [0, 0.1) is 0 Å². The highest BCUT2D eigenvalue weighted by Crippen LogP contribution is 2.31. The summed E-state index contributed by atoms with van der Waals surface area (Å²) in [6, 6.07) is 12.5. The molecule has 0 saturated carbocycles. The lowest BCUT2D eigenvalue weighted by Gasteiger charge is -2.04. The van der Waals surface area contributed by atoms with Gasteiger partial charge >= 0.3 is 0 Å². The number of halogens is 2. The van der Waals surface area contributed by atoms with E-state index < -0.39 is 0 Å². The van der Waals surface area contributed by atoms with Gasteiger partial charge in [0.25, 0.3) is 0 Å². The second-order valence-corrected chi connectivity index (χ2v) is 7.16. The summed E-state index contributed by atoms with van der Waals surface area (Å²) in [6.07, 6.45) is 1.64. The number of hydrogen-bond acceptors (Lipinski definition) is 3. The van der Waals surface area contributed by atoms with Gasteiger partial charge in [-0.3, -0.25) is 9.78 Å². The van der Waals surface area contributed by atoms with Gasteiger partial charge in [0.1, 0.15) is 11.4 Å². The van der Waals surface area contributed by atoms with Crippen molar-refractivity contribution >= 4 is 59.4 Å². The summed E-state index contributed by atoms with van der Waals surface area (Å²) < 4.78 is 1.45. The molecule has 2 aromatic carbocycles. The molecule has 2 aromatic heterocycles. The Balaban J connectivity index is 1.94. The van der Waals surface area contributed by atoms with E-state index in [2.05, 4.69) is 41.8 Å². The van der Waals surface area contributed by atoms with Crippen molar-refractivity contribution in [2.45, 2.75) is 0 Å². The van der Waals surface area contributed by atoms with Gasteiger partial charge in [-0.2, -0.15) is 0 Å². The number of aromatic hydroxyl groups is 1. The summed E-state index contributed by atoms with van der Waals surface area (Å²) in [4.78, 5) is 20.4. The highest BCUT2D eigenvalue weighted by molar-refractivity contribution is 9.10. The predicted molar refractivity (Wildman–Crippen MR) is 101 cm³/mol. The molecule has 4 nitrogen and oxygen atoms in total. The van der Waals surface area contributed by atoms with Gasteiger partial charge in [-0.1, -0.05) is 15.9 Å². The molecule has 24 heavy (non-hydrogen) atoms. The molecule has 2 heterocycles. The molecule has 0 bridgehead atoms. The number of benzene rings is 2. The number of hydrogen-bond donors (Lipinski definition) is 2. The van der Waals surface area contributed by atoms with Gasteiger partial charge in [-0.15, -0.1) is 0 Å². The smallest absolute Gasteiger partial charge is 0.213 e. The minimum atomic E-state index is -0.202. The monoisotopic (exact) mass is 444 g/mol. The summed E-state index contributed by atoms with van der Waals surface area (Å²) in [5, 5.41) is 11.6. The van der Waals surface area contributed by atoms with Gasteiger partial charge in [0, 0.05) is 32.5 Å². The zero-order valence-corrected chi connectivity index (χ0v) is 15.3. The number of H-pyrrole nitrogens is 1. The van der Waals surface area contributed by atoms with E-state index in [0.717, 1.165) is 20.8 Å². The van der Waals surface area contributed by atoms with Gasteiger partial charge in [-0.05, 0) is 58.4 Å². The van der Waals surface area contributed by atoms with Crippen LogP contribution < -0.4 is 0 Å². The predicted octanol–water partition coefficient (Wildman–Crippen LogP) is 5.18. The molecule has 0 aliphatic carbocycles. The van der Waals surface area contributed by atoms with Crippen LogP contribution in [0.2, 0.25) is 0 Å². The van der Waals surface area contributed by atoms with Gasteiger partial charge in [0.2, 0.25) is 5.78 Å². The lowest BCUT2D eigenvalue weighted by Crippen LogP contribution is -2.04. The van der Waals surface area contributed by atoms with Crippen molar-refractivity contribution in [3.63, 3.8) is 0 Å². The van der Waals surface area contributed by atoms with Crippen LogP contribution in [0.3, 0.4) is 0 Å². The molecule has 4 rings (SSSR count). The molecule has 118 valence electrons. The Morgan fingerprint density at radius 3 is 2.67 bits per heavy atom. The highest BCUT2D eigenvalue weighted by Gasteiger charge is 2.18. The minimum absolute atomic E-state index is 0.0909. The number of rotatable bonds is 2. The molecule has 4 aromatic rings. The lowest BCUT2D eigenvalue weighted by atomic mass is 10.1. The Morgan fingerprint density at radius 1 is 1.04 bits per heavy atom. The van der Waals surface area contributed by atoms with Crippen LogP contribution >= 0.6 is 31.9 Å². The van der Waals surface area contributed by atoms with E-state index in [1.165, 1.54) is 6.07 Å². The number of aromatic amines is 1. The molecule has 0 atom stereocenters. The van der Waals surface area contributed by atoms with Crippen LogP contribution in [0.5, 0.6) is 5.75 Å². The maximum absolute atomic E-state index is 12.9. The number of phenolic OH excluding ortho intramolecular Hbond substituents is 1. The van der Waals surface area contributed by atoms with Crippen LogP contribution in [0.15, 0.2) is 57.6 Å². The molecule has 6 heteroatoms. The zero-order valence-electron chi connectivity index (χ0n) is 12.2. The minimum Gasteiger partial charge on any atom is -0.507 e. The summed E-state index contributed by atoms with van der Waals surface area (Å²) in [5.41, 5.74) is 2.47. The molecule has 0 fully saturated rings. The van der Waals surface area contributed by atoms with E-state index in [4.69, 9.17) is 0 Å². The standard InChI is InChI=1S/C18H10Br2N2O2/c19-10-2-3-14-12(8-10)11-5-6-21-17(16(11)22-14)18(24)9-1-4-15(23)13(20)7-9/h1-8,22-23H. The SMILES string of the molecule is O=C(c1ccc(O)c(Br)c1)c1nccc2c1[nH]c1ccc(Br)cc12. The van der Waals surface area contributed by atoms with Gasteiger partial charge in [0.05, 0.1) is 9.99 Å². The van der Waals surface area contributed by atoms with E-state index in [0.29, 0.717) is 21.2 Å². The van der Waals surface area contributed by atoms with E-state index in [-0.39, 0.29) is 11.5 Å². The van der Waals surface area contributed by atoms with Crippen molar-refractivity contribution in [1.29, 1.82) is 0 Å². The summed E-state index contributed by atoms with van der Waals surface area (Å²) in [5.74, 6) is -0.111. The Bertz CT molecular complexity index is 1120. The van der Waals surface area contributed by atoms with E-state index in [9.17, 15) is 9.90 Å². The fraction of sp³-hybridized carbons (Fsp3) is 0. The number of ketones is 1. The summed E-state index contributed by atoms with van der Waals surface area (Å²) in [6.45, 7) is 0. The molecule has 2 N–H and O–H groups in total. The first-order valence-electron chi connectivity index (χ1n) is 7.14. The number of aromatic nitrogens is 2. The molecular weight excluding hydrogens is 436 g/mol. The van der Waals surface area contributed by atoms with Crippen molar-refractivity contribution in [1.82, 2.24) is 9.97 Å². The van der Waals surface area contributed by atoms with Crippen molar-refractivity contribution in [3.8, 4) is 5.75 Å². The van der Waals surface area contributed by atoms with E-state index in [1.54, 1.807) is 18.3 Å². The molecule has 0 amide bonds. The molecule has 0 aliphatic heterocycles. The zero-order chi connectivity index (χ0) is 16.8. The Hall–Kier alpha value is -2.18. The number of carbonyl (C=O) groups excluding carboxylic acids is 1. The van der Waals surface area contributed by atoms with E-state index in [1.807, 2.05) is 24.3 Å². The number of phenols is 1. The molecule has 0 unspecified atom stereocenters. The van der Waals surface area contributed by atoms with Gasteiger partial charge in [0.15, 0.2) is 0 Å². The largest absolute Gasteiger partial charge is 0.507 e. The fourth-order valence-corrected chi connectivity index (χ4v) is 3.49. The Labute approximate surface area is 153 Å². The second kappa shape index (κ2) is 5.72. The highest BCUT2D eigenvalue weighted by atomic mass is 79.9. The topological polar surface area (TPSA) is 66.0 Å². The Kier molecular flexibility index (Phi) is 3.66. The molecule has 0 radical (unpaired) electrons. The third-order valence-corrected chi connectivity index (χ3v) is 5.04. The second-order valence-electron chi connectivity index (χ2n) is 5.39. The summed E-state index contributed by atoms with van der Waals surface area (Å²) >= 11 is 6.71.